The van der Waals surface area contributed by atoms with Crippen molar-refractivity contribution >= 4 is 21.6 Å². The summed E-state index contributed by atoms with van der Waals surface area (Å²) < 4.78 is 29.4. The molecule has 21 heavy (non-hydrogen) atoms. The van der Waals surface area contributed by atoms with Gasteiger partial charge >= 0.3 is 5.03 Å². The number of hydrogen-bond donors (Lipinski definition) is 0. The molecule has 0 aliphatic heterocycles. The van der Waals surface area contributed by atoms with Gasteiger partial charge < -0.3 is 10.1 Å². The van der Waals surface area contributed by atoms with E-state index in [0.717, 1.165) is 11.8 Å². The fraction of sp³-hybridized carbons (Fsp3) is 0.333. The van der Waals surface area contributed by atoms with Crippen molar-refractivity contribution in [1.82, 2.24) is 10.1 Å². The van der Waals surface area contributed by atoms with Gasteiger partial charge in [0, 0.05) is 12.3 Å². The van der Waals surface area contributed by atoms with Crippen LogP contribution in [0.15, 0.2) is 49.9 Å². The standard InChI is InChI=1S/C12H15N3O4S2/c1-14(2)8-9-20-12-11(13-19-15(12)16)21(17,18)10-6-4-3-5-7-10/h3-7H,8-9H2,1-2H3. The maximum Gasteiger partial charge on any atom is 0.350 e. The van der Waals surface area contributed by atoms with Crippen LogP contribution in [0.25, 0.3) is 0 Å². The number of rotatable bonds is 6. The van der Waals surface area contributed by atoms with Crippen LogP contribution in [0, 0.1) is 5.21 Å². The molecule has 9 heteroatoms. The molecule has 0 atom stereocenters. The summed E-state index contributed by atoms with van der Waals surface area (Å²) in [6.45, 7) is 0.695. The molecule has 114 valence electrons. The first kappa shape index (κ1) is 15.8. The van der Waals surface area contributed by atoms with Gasteiger partial charge in [-0.05, 0) is 31.1 Å². The Morgan fingerprint density at radius 1 is 1.33 bits per heavy atom. The molecule has 0 fully saturated rings. The van der Waals surface area contributed by atoms with Crippen molar-refractivity contribution in [1.29, 1.82) is 0 Å². The summed E-state index contributed by atoms with van der Waals surface area (Å²) in [5, 5.41) is 14.6. The number of aromatic nitrogens is 2. The molecule has 0 unspecified atom stereocenters. The largest absolute Gasteiger partial charge is 0.359 e. The molecule has 0 aliphatic rings. The second-order valence-electron chi connectivity index (χ2n) is 4.51. The molecule has 0 bridgehead atoms. The summed E-state index contributed by atoms with van der Waals surface area (Å²) in [6, 6.07) is 7.83. The Morgan fingerprint density at radius 2 is 2.00 bits per heavy atom. The van der Waals surface area contributed by atoms with Crippen LogP contribution in [0.3, 0.4) is 0 Å². The first-order valence-electron chi connectivity index (χ1n) is 6.10. The zero-order valence-corrected chi connectivity index (χ0v) is 13.2. The molecule has 0 saturated heterocycles. The molecule has 2 rings (SSSR count). The fourth-order valence-electron chi connectivity index (χ4n) is 1.54. The smallest absolute Gasteiger partial charge is 0.350 e. The minimum Gasteiger partial charge on any atom is -0.359 e. The molecule has 0 aliphatic carbocycles. The highest BCUT2D eigenvalue weighted by Gasteiger charge is 2.33. The highest BCUT2D eigenvalue weighted by molar-refractivity contribution is 8.00. The summed E-state index contributed by atoms with van der Waals surface area (Å²) in [4.78, 5) is 2.14. The number of hydrogen-bond acceptors (Lipinski definition) is 7. The molecule has 2 aromatic rings. The van der Waals surface area contributed by atoms with Crippen molar-refractivity contribution in [2.75, 3.05) is 26.4 Å². The monoisotopic (exact) mass is 329 g/mol. The zero-order valence-electron chi connectivity index (χ0n) is 11.6. The molecule has 1 aromatic heterocycles. The molecule has 1 heterocycles. The first-order chi connectivity index (χ1) is 9.93. The molecule has 0 amide bonds. The normalized spacial score (nSPS) is 12.0. The van der Waals surface area contributed by atoms with E-state index in [1.165, 1.54) is 12.1 Å². The lowest BCUT2D eigenvalue weighted by Gasteiger charge is -2.07. The second kappa shape index (κ2) is 6.46. The Morgan fingerprint density at radius 3 is 2.62 bits per heavy atom. The molecule has 0 saturated carbocycles. The maximum absolute atomic E-state index is 12.5. The summed E-state index contributed by atoms with van der Waals surface area (Å²) in [5.74, 6) is 0.549. The average molecular weight is 329 g/mol. The van der Waals surface area contributed by atoms with E-state index in [-0.39, 0.29) is 19.9 Å². The minimum absolute atomic E-state index is 0.0410. The maximum atomic E-state index is 12.5. The third-order valence-corrected chi connectivity index (χ3v) is 5.43. The predicted octanol–water partition coefficient (Wildman–Crippen LogP) is 0.794. The Balaban J connectivity index is 2.32. The Kier molecular flexibility index (Phi) is 4.86. The lowest BCUT2D eigenvalue weighted by molar-refractivity contribution is -0.832. The summed E-state index contributed by atoms with van der Waals surface area (Å²) >= 11 is 1.10. The van der Waals surface area contributed by atoms with Crippen LogP contribution >= 0.6 is 11.8 Å². The van der Waals surface area contributed by atoms with Crippen molar-refractivity contribution in [2.45, 2.75) is 14.9 Å². The summed E-state index contributed by atoms with van der Waals surface area (Å²) in [5.41, 5.74) is 0. The van der Waals surface area contributed by atoms with E-state index in [0.29, 0.717) is 12.3 Å². The highest BCUT2D eigenvalue weighted by atomic mass is 32.2. The lowest BCUT2D eigenvalue weighted by atomic mass is 10.4. The number of nitrogens with zero attached hydrogens (tertiary/aromatic N) is 3. The van der Waals surface area contributed by atoms with E-state index in [4.69, 9.17) is 0 Å². The van der Waals surface area contributed by atoms with Crippen LogP contribution in [0.1, 0.15) is 0 Å². The van der Waals surface area contributed by atoms with Crippen LogP contribution in [0.2, 0.25) is 0 Å². The van der Waals surface area contributed by atoms with Crippen LogP contribution in [-0.4, -0.2) is 44.9 Å². The van der Waals surface area contributed by atoms with E-state index in [1.807, 2.05) is 19.0 Å². The predicted molar refractivity (Wildman–Crippen MR) is 76.6 cm³/mol. The molecular formula is C12H15N3O4S2. The van der Waals surface area contributed by atoms with E-state index in [1.54, 1.807) is 18.2 Å². The number of thioether (sulfide) groups is 1. The van der Waals surface area contributed by atoms with Gasteiger partial charge in [-0.1, -0.05) is 30.0 Å². The zero-order chi connectivity index (χ0) is 15.5. The average Bonchev–Trinajstić information content (AvgIpc) is 2.82. The lowest BCUT2D eigenvalue weighted by Crippen LogP contribution is -2.26. The van der Waals surface area contributed by atoms with E-state index < -0.39 is 9.84 Å². The summed E-state index contributed by atoms with van der Waals surface area (Å²) in [7, 11) is -0.0797. The third-order valence-electron chi connectivity index (χ3n) is 2.63. The van der Waals surface area contributed by atoms with Gasteiger partial charge in [0.25, 0.3) is 14.9 Å². The Hall–Kier alpha value is -1.58. The van der Waals surface area contributed by atoms with Gasteiger partial charge in [-0.25, -0.2) is 8.42 Å². The molecule has 0 spiro atoms. The highest BCUT2D eigenvalue weighted by Crippen LogP contribution is 2.26. The van der Waals surface area contributed by atoms with Gasteiger partial charge in [0.2, 0.25) is 0 Å². The van der Waals surface area contributed by atoms with Gasteiger partial charge in [-0.2, -0.15) is 0 Å². The van der Waals surface area contributed by atoms with Crippen molar-refractivity contribution in [3.63, 3.8) is 0 Å². The van der Waals surface area contributed by atoms with Crippen LogP contribution in [0.5, 0.6) is 0 Å². The first-order valence-corrected chi connectivity index (χ1v) is 8.57. The Labute approximate surface area is 127 Å². The molecular weight excluding hydrogens is 314 g/mol. The molecule has 0 radical (unpaired) electrons. The third kappa shape index (κ3) is 3.55. The van der Waals surface area contributed by atoms with Crippen LogP contribution < -0.4 is 4.90 Å². The van der Waals surface area contributed by atoms with E-state index in [2.05, 4.69) is 9.79 Å². The topological polar surface area (TPSA) is 90.4 Å². The number of benzene rings is 1. The fourth-order valence-corrected chi connectivity index (χ4v) is 4.17. The minimum atomic E-state index is -3.86. The van der Waals surface area contributed by atoms with E-state index >= 15 is 0 Å². The van der Waals surface area contributed by atoms with E-state index in [9.17, 15) is 13.6 Å². The molecule has 1 aromatic carbocycles. The van der Waals surface area contributed by atoms with Gasteiger partial charge in [0.05, 0.1) is 10.1 Å². The molecule has 7 nitrogen and oxygen atoms in total. The summed E-state index contributed by atoms with van der Waals surface area (Å²) in [6.07, 6.45) is 0. The van der Waals surface area contributed by atoms with Crippen molar-refractivity contribution < 1.29 is 17.9 Å². The van der Waals surface area contributed by atoms with Gasteiger partial charge in [0.15, 0.2) is 0 Å². The quantitative estimate of drug-likeness (QED) is 0.572. The van der Waals surface area contributed by atoms with Crippen molar-refractivity contribution in [3.8, 4) is 0 Å². The van der Waals surface area contributed by atoms with Crippen molar-refractivity contribution in [2.24, 2.45) is 0 Å². The molecule has 0 N–H and O–H groups in total. The Bertz CT molecular complexity index is 699. The number of sulfone groups is 1. The van der Waals surface area contributed by atoms with Crippen LogP contribution in [0.4, 0.5) is 0 Å². The van der Waals surface area contributed by atoms with Gasteiger partial charge in [0.1, 0.15) is 0 Å². The van der Waals surface area contributed by atoms with Crippen LogP contribution in [-0.2, 0) is 9.84 Å². The van der Waals surface area contributed by atoms with Gasteiger partial charge in [-0.15, -0.1) is 0 Å². The van der Waals surface area contributed by atoms with Gasteiger partial charge in [-0.3, -0.25) is 4.63 Å². The van der Waals surface area contributed by atoms with Crippen molar-refractivity contribution in [3.05, 3.63) is 35.5 Å². The SMILES string of the molecule is CN(C)CCSc1c(S(=O)(=O)c2ccccc2)no[n+]1[O-]. The second-order valence-corrected chi connectivity index (χ2v) is 7.46.